The molecular weight excluding hydrogens is 108 g/mol. The van der Waals surface area contributed by atoms with E-state index in [2.05, 4.69) is 4.74 Å². The lowest BCUT2D eigenvalue weighted by molar-refractivity contribution is -0.139. The molecule has 0 saturated carbocycles. The lowest BCUT2D eigenvalue weighted by Crippen LogP contribution is -1.96. The van der Waals surface area contributed by atoms with E-state index < -0.39 is 5.97 Å². The van der Waals surface area contributed by atoms with E-state index in [1.165, 1.54) is 13.1 Å². The van der Waals surface area contributed by atoms with Crippen molar-refractivity contribution >= 4 is 11.9 Å². The third-order valence-corrected chi connectivity index (χ3v) is 0.580. The highest BCUT2D eigenvalue weighted by Gasteiger charge is 1.92. The molecule has 0 aromatic carbocycles. The summed E-state index contributed by atoms with van der Waals surface area (Å²) < 4.78 is 4.20. The predicted molar refractivity (Wildman–Crippen MR) is 26.9 cm³/mol. The molecule has 44 valence electrons. The van der Waals surface area contributed by atoms with Crippen molar-refractivity contribution in [2.24, 2.45) is 0 Å². The third kappa shape index (κ3) is 3.12. The minimum absolute atomic E-state index is 0.0139. The summed E-state index contributed by atoms with van der Waals surface area (Å²) in [7, 11) is 1.26. The SMILES string of the molecule is COC(=O)CC=C=O. The van der Waals surface area contributed by atoms with Crippen molar-refractivity contribution in [2.45, 2.75) is 6.42 Å². The zero-order valence-electron chi connectivity index (χ0n) is 4.51. The summed E-state index contributed by atoms with van der Waals surface area (Å²) in [6, 6.07) is 0. The molecule has 0 aliphatic rings. The number of ether oxygens (including phenoxy) is 1. The molecule has 0 aliphatic heterocycles. The minimum Gasteiger partial charge on any atom is -0.469 e. The number of hydrogen-bond acceptors (Lipinski definition) is 3. The van der Waals surface area contributed by atoms with Crippen LogP contribution in [0.25, 0.3) is 0 Å². The van der Waals surface area contributed by atoms with Crippen molar-refractivity contribution in [2.75, 3.05) is 7.11 Å². The summed E-state index contributed by atoms with van der Waals surface area (Å²) in [6.07, 6.45) is 1.09. The van der Waals surface area contributed by atoms with E-state index in [9.17, 15) is 9.59 Å². The van der Waals surface area contributed by atoms with Crippen molar-refractivity contribution < 1.29 is 14.3 Å². The maximum atomic E-state index is 10.1. The Labute approximate surface area is 46.9 Å². The van der Waals surface area contributed by atoms with Crippen LogP contribution in [0.5, 0.6) is 0 Å². The summed E-state index contributed by atoms with van der Waals surface area (Å²) in [5.41, 5.74) is 0. The molecule has 0 unspecified atom stereocenters. The summed E-state index contributed by atoms with van der Waals surface area (Å²) >= 11 is 0. The third-order valence-electron chi connectivity index (χ3n) is 0.580. The molecule has 0 bridgehead atoms. The molecule has 0 atom stereocenters. The summed E-state index contributed by atoms with van der Waals surface area (Å²) in [5, 5.41) is 0. The maximum absolute atomic E-state index is 10.1. The zero-order chi connectivity index (χ0) is 6.41. The van der Waals surface area contributed by atoms with Crippen LogP contribution >= 0.6 is 0 Å². The molecule has 3 nitrogen and oxygen atoms in total. The van der Waals surface area contributed by atoms with Crippen molar-refractivity contribution in [3.05, 3.63) is 6.08 Å². The summed E-state index contributed by atoms with van der Waals surface area (Å²) in [4.78, 5) is 19.6. The van der Waals surface area contributed by atoms with Crippen LogP contribution in [-0.2, 0) is 14.3 Å². The number of hydrogen-bond donors (Lipinski definition) is 0. The molecule has 0 rings (SSSR count). The molecule has 0 heterocycles. The maximum Gasteiger partial charge on any atom is 0.310 e. The van der Waals surface area contributed by atoms with Crippen LogP contribution in [0.1, 0.15) is 6.42 Å². The van der Waals surface area contributed by atoms with Crippen molar-refractivity contribution in [1.82, 2.24) is 0 Å². The Morgan fingerprint density at radius 1 is 1.88 bits per heavy atom. The molecule has 0 N–H and O–H groups in total. The smallest absolute Gasteiger partial charge is 0.310 e. The molecule has 0 fully saturated rings. The van der Waals surface area contributed by atoms with Gasteiger partial charge in [0.05, 0.1) is 13.5 Å². The van der Waals surface area contributed by atoms with E-state index >= 15 is 0 Å². The lowest BCUT2D eigenvalue weighted by atomic mass is 10.4. The Hall–Kier alpha value is -1.08. The van der Waals surface area contributed by atoms with E-state index in [4.69, 9.17) is 0 Å². The van der Waals surface area contributed by atoms with Gasteiger partial charge >= 0.3 is 5.97 Å². The molecule has 0 aromatic heterocycles. The fourth-order valence-electron chi connectivity index (χ4n) is 0.208. The van der Waals surface area contributed by atoms with Crippen LogP contribution < -0.4 is 0 Å². The molecule has 0 radical (unpaired) electrons. The van der Waals surface area contributed by atoms with Gasteiger partial charge in [0.1, 0.15) is 5.94 Å². The first-order valence-electron chi connectivity index (χ1n) is 2.07. The second kappa shape index (κ2) is 4.09. The van der Waals surface area contributed by atoms with Gasteiger partial charge in [-0.25, -0.2) is 4.79 Å². The fourth-order valence-corrected chi connectivity index (χ4v) is 0.208. The molecule has 0 spiro atoms. The van der Waals surface area contributed by atoms with Crippen molar-refractivity contribution in [3.63, 3.8) is 0 Å². The van der Waals surface area contributed by atoms with Gasteiger partial charge in [0, 0.05) is 6.08 Å². The average molecular weight is 114 g/mol. The van der Waals surface area contributed by atoms with E-state index in [1.807, 2.05) is 0 Å². The number of esters is 1. The van der Waals surface area contributed by atoms with E-state index in [0.29, 0.717) is 0 Å². The van der Waals surface area contributed by atoms with Crippen LogP contribution in [0, 0.1) is 0 Å². The monoisotopic (exact) mass is 114 g/mol. The predicted octanol–water partition coefficient (Wildman–Crippen LogP) is -0.0627. The Bertz CT molecular complexity index is 122. The standard InChI is InChI=1S/C5H6O3/c1-8-5(7)3-2-4-6/h2H,3H2,1H3. The van der Waals surface area contributed by atoms with Gasteiger partial charge in [-0.05, 0) is 0 Å². The van der Waals surface area contributed by atoms with Gasteiger partial charge in [-0.1, -0.05) is 0 Å². The molecular formula is C5H6O3. The molecule has 0 aromatic rings. The molecule has 0 aliphatic carbocycles. The van der Waals surface area contributed by atoms with Gasteiger partial charge in [-0.3, -0.25) is 4.79 Å². The van der Waals surface area contributed by atoms with Gasteiger partial charge < -0.3 is 4.74 Å². The second-order valence-electron chi connectivity index (χ2n) is 1.10. The van der Waals surface area contributed by atoms with Gasteiger partial charge in [0.2, 0.25) is 0 Å². The van der Waals surface area contributed by atoms with Crippen LogP contribution in [0.3, 0.4) is 0 Å². The van der Waals surface area contributed by atoms with Gasteiger partial charge in [-0.15, -0.1) is 0 Å². The number of methoxy groups -OCH3 is 1. The van der Waals surface area contributed by atoms with Crippen LogP contribution in [0.15, 0.2) is 6.08 Å². The van der Waals surface area contributed by atoms with E-state index in [-0.39, 0.29) is 6.42 Å². The number of rotatable bonds is 2. The Morgan fingerprint density at radius 2 is 2.50 bits per heavy atom. The van der Waals surface area contributed by atoms with Gasteiger partial charge in [0.25, 0.3) is 0 Å². The quantitative estimate of drug-likeness (QED) is 0.373. The molecule has 0 amide bonds. The topological polar surface area (TPSA) is 43.4 Å². The first-order chi connectivity index (χ1) is 3.81. The largest absolute Gasteiger partial charge is 0.469 e. The summed E-state index contributed by atoms with van der Waals surface area (Å²) in [6.45, 7) is 0. The molecule has 8 heavy (non-hydrogen) atoms. The Balaban J connectivity index is 3.39. The van der Waals surface area contributed by atoms with Gasteiger partial charge in [-0.2, -0.15) is 0 Å². The average Bonchev–Trinajstić information content (AvgIpc) is 1.83. The minimum atomic E-state index is -0.423. The normalized spacial score (nSPS) is 7.12. The van der Waals surface area contributed by atoms with Crippen LogP contribution in [-0.4, -0.2) is 19.0 Å². The fraction of sp³-hybridized carbons (Fsp3) is 0.400. The zero-order valence-corrected chi connectivity index (χ0v) is 4.51. The molecule has 3 heteroatoms. The highest BCUT2D eigenvalue weighted by atomic mass is 16.5. The van der Waals surface area contributed by atoms with E-state index in [1.54, 1.807) is 0 Å². The second-order valence-corrected chi connectivity index (χ2v) is 1.10. The number of carbonyl (C=O) groups excluding carboxylic acids is 2. The first-order valence-corrected chi connectivity index (χ1v) is 2.07. The molecule has 0 saturated heterocycles. The highest BCUT2D eigenvalue weighted by molar-refractivity contribution is 5.73. The van der Waals surface area contributed by atoms with Crippen LogP contribution in [0.4, 0.5) is 0 Å². The van der Waals surface area contributed by atoms with E-state index in [0.717, 1.165) is 6.08 Å². The lowest BCUT2D eigenvalue weighted by Gasteiger charge is -1.87. The Morgan fingerprint density at radius 3 is 2.88 bits per heavy atom. The van der Waals surface area contributed by atoms with Gasteiger partial charge in [0.15, 0.2) is 0 Å². The summed E-state index contributed by atoms with van der Waals surface area (Å²) in [5.74, 6) is 1.03. The number of carbonyl (C=O) groups is 1. The highest BCUT2D eigenvalue weighted by Crippen LogP contribution is 1.80. The van der Waals surface area contributed by atoms with Crippen LogP contribution in [0.2, 0.25) is 0 Å². The first kappa shape index (κ1) is 6.92. The van der Waals surface area contributed by atoms with Crippen molar-refractivity contribution in [3.8, 4) is 0 Å². The Kier molecular flexibility index (Phi) is 3.54. The van der Waals surface area contributed by atoms with Crippen molar-refractivity contribution in [1.29, 1.82) is 0 Å².